The predicted molar refractivity (Wildman–Crippen MR) is 28.3 cm³/mol. The van der Waals surface area contributed by atoms with E-state index in [4.69, 9.17) is 0 Å². The molecule has 0 aliphatic rings. The highest BCUT2D eigenvalue weighted by molar-refractivity contribution is 7.97. The maximum Gasteiger partial charge on any atom is 0.271 e. The average molecular weight is 128 g/mol. The number of carbonyl (C=O) groups is 1. The molecule has 1 radical (unpaired) electrons. The number of aromatic nitrogens is 3. The lowest BCUT2D eigenvalue weighted by Crippen LogP contribution is -1.86. The molecular formula is C3H2N3OS. The molecule has 8 heavy (non-hydrogen) atoms. The third kappa shape index (κ3) is 0.812. The summed E-state index contributed by atoms with van der Waals surface area (Å²) in [5, 5.41) is 8.51. The first-order valence-corrected chi connectivity index (χ1v) is 2.29. The summed E-state index contributed by atoms with van der Waals surface area (Å²) in [4.78, 5) is 10.2. The second kappa shape index (κ2) is 1.87. The molecule has 0 aromatic carbocycles. The zero-order valence-corrected chi connectivity index (χ0v) is 4.60. The van der Waals surface area contributed by atoms with Gasteiger partial charge in [0.15, 0.2) is 5.69 Å². The summed E-state index contributed by atoms with van der Waals surface area (Å²) in [5.41, 5.74) is 0.194. The van der Waals surface area contributed by atoms with Crippen molar-refractivity contribution in [3.63, 3.8) is 0 Å². The van der Waals surface area contributed by atoms with Gasteiger partial charge >= 0.3 is 0 Å². The first-order valence-electron chi connectivity index (χ1n) is 1.88. The van der Waals surface area contributed by atoms with E-state index >= 15 is 0 Å². The van der Waals surface area contributed by atoms with Gasteiger partial charge in [0.05, 0.1) is 6.20 Å². The van der Waals surface area contributed by atoms with E-state index < -0.39 is 5.12 Å². The van der Waals surface area contributed by atoms with Crippen LogP contribution in [0.2, 0.25) is 0 Å². The number of nitrogens with one attached hydrogen (secondary N) is 1. The van der Waals surface area contributed by atoms with Crippen LogP contribution in [-0.2, 0) is 0 Å². The van der Waals surface area contributed by atoms with Crippen molar-refractivity contribution in [1.29, 1.82) is 0 Å². The Labute approximate surface area is 50.7 Å². The third-order valence-electron chi connectivity index (χ3n) is 0.626. The van der Waals surface area contributed by atoms with E-state index in [1.807, 2.05) is 0 Å². The van der Waals surface area contributed by atoms with Crippen molar-refractivity contribution < 1.29 is 4.79 Å². The van der Waals surface area contributed by atoms with Crippen LogP contribution < -0.4 is 0 Å². The molecule has 1 N–H and O–H groups in total. The largest absolute Gasteiger partial charge is 0.274 e. The molecule has 1 rings (SSSR count). The van der Waals surface area contributed by atoms with Gasteiger partial charge in [0.2, 0.25) is 0 Å². The van der Waals surface area contributed by atoms with Crippen LogP contribution >= 0.6 is 12.6 Å². The molecular weight excluding hydrogens is 126 g/mol. The molecule has 41 valence electrons. The highest BCUT2D eigenvalue weighted by Gasteiger charge is 2.01. The van der Waals surface area contributed by atoms with Crippen LogP contribution in [0, 0.1) is 0 Å². The molecule has 0 amide bonds. The van der Waals surface area contributed by atoms with Crippen molar-refractivity contribution in [1.82, 2.24) is 15.4 Å². The minimum atomic E-state index is -0.487. The average Bonchev–Trinajstić information content (AvgIpc) is 2.12. The van der Waals surface area contributed by atoms with Gasteiger partial charge in [0, 0.05) is 0 Å². The zero-order valence-electron chi connectivity index (χ0n) is 3.79. The molecule has 0 bridgehead atoms. The van der Waals surface area contributed by atoms with Gasteiger partial charge in [0.25, 0.3) is 5.12 Å². The maximum atomic E-state index is 10.2. The summed E-state index contributed by atoms with van der Waals surface area (Å²) < 4.78 is 0. The standard InChI is InChI=1S/C3H2N3OS/c7-3(8)2-1-4-6-5-2/h1H,(H,4,5,6). The molecule has 0 fully saturated rings. The van der Waals surface area contributed by atoms with Gasteiger partial charge < -0.3 is 0 Å². The Bertz CT molecular complexity index is 182. The molecule has 1 heterocycles. The normalized spacial score (nSPS) is 9.00. The number of H-pyrrole nitrogens is 1. The number of nitrogens with zero attached hydrogens (tertiary/aromatic N) is 2. The van der Waals surface area contributed by atoms with Gasteiger partial charge in [-0.15, -0.1) is 5.10 Å². The molecule has 0 aliphatic carbocycles. The van der Waals surface area contributed by atoms with Gasteiger partial charge in [-0.05, 0) is 12.6 Å². The molecule has 5 heteroatoms. The quantitative estimate of drug-likeness (QED) is 0.585. The summed E-state index contributed by atoms with van der Waals surface area (Å²) in [6.45, 7) is 0. The fourth-order valence-corrected chi connectivity index (χ4v) is 0.401. The fraction of sp³-hybridized carbons (Fsp3) is 0. The van der Waals surface area contributed by atoms with Crippen LogP contribution in [0.25, 0.3) is 0 Å². The minimum absolute atomic E-state index is 0.194. The van der Waals surface area contributed by atoms with Crippen molar-refractivity contribution >= 4 is 17.7 Å². The van der Waals surface area contributed by atoms with E-state index in [0.29, 0.717) is 0 Å². The highest BCUT2D eigenvalue weighted by atomic mass is 32.1. The van der Waals surface area contributed by atoms with Gasteiger partial charge in [-0.25, -0.2) is 0 Å². The van der Waals surface area contributed by atoms with Gasteiger partial charge in [-0.3, -0.25) is 9.89 Å². The maximum absolute atomic E-state index is 10.2. The molecule has 1 aromatic rings. The number of aromatic amines is 1. The molecule has 0 spiro atoms. The number of rotatable bonds is 1. The Hall–Kier alpha value is -0.970. The second-order valence-corrected chi connectivity index (χ2v) is 1.52. The summed E-state index contributed by atoms with van der Waals surface area (Å²) in [5.74, 6) is 0. The molecule has 0 unspecified atom stereocenters. The van der Waals surface area contributed by atoms with E-state index in [1.165, 1.54) is 6.20 Å². The van der Waals surface area contributed by atoms with E-state index in [1.54, 1.807) is 0 Å². The van der Waals surface area contributed by atoms with Crippen LogP contribution in [0.15, 0.2) is 6.20 Å². The number of hydrogen-bond donors (Lipinski definition) is 1. The molecule has 0 aliphatic heterocycles. The summed E-state index contributed by atoms with van der Waals surface area (Å²) >= 11 is 4.24. The van der Waals surface area contributed by atoms with Crippen molar-refractivity contribution in [2.24, 2.45) is 0 Å². The predicted octanol–water partition coefficient (Wildman–Crippen LogP) is 0.142. The fourth-order valence-electron chi connectivity index (χ4n) is 0.301. The van der Waals surface area contributed by atoms with E-state index in [-0.39, 0.29) is 5.69 Å². The van der Waals surface area contributed by atoms with E-state index in [9.17, 15) is 4.79 Å². The Morgan fingerprint density at radius 1 is 1.88 bits per heavy atom. The highest BCUT2D eigenvalue weighted by Crippen LogP contribution is 1.92. The van der Waals surface area contributed by atoms with E-state index in [0.717, 1.165) is 0 Å². The molecule has 0 atom stereocenters. The van der Waals surface area contributed by atoms with Crippen LogP contribution in [0.1, 0.15) is 10.5 Å². The molecule has 1 aromatic heterocycles. The zero-order chi connectivity index (χ0) is 5.98. The van der Waals surface area contributed by atoms with Crippen LogP contribution in [0.5, 0.6) is 0 Å². The lowest BCUT2D eigenvalue weighted by Gasteiger charge is -1.73. The van der Waals surface area contributed by atoms with Crippen molar-refractivity contribution in [3.05, 3.63) is 11.9 Å². The Kier molecular flexibility index (Phi) is 1.21. The lowest BCUT2D eigenvalue weighted by molar-refractivity contribution is 0.108. The SMILES string of the molecule is O=C([S])c1c[nH]nn1. The Balaban J connectivity index is 2.93. The topological polar surface area (TPSA) is 58.6 Å². The summed E-state index contributed by atoms with van der Waals surface area (Å²) in [6.07, 6.45) is 1.36. The molecule has 4 nitrogen and oxygen atoms in total. The van der Waals surface area contributed by atoms with Crippen molar-refractivity contribution in [2.75, 3.05) is 0 Å². The van der Waals surface area contributed by atoms with Gasteiger partial charge in [0.1, 0.15) is 0 Å². The van der Waals surface area contributed by atoms with E-state index in [2.05, 4.69) is 28.0 Å². The van der Waals surface area contributed by atoms with Crippen molar-refractivity contribution in [3.8, 4) is 0 Å². The van der Waals surface area contributed by atoms with Crippen LogP contribution in [0.4, 0.5) is 0 Å². The van der Waals surface area contributed by atoms with Crippen LogP contribution in [-0.4, -0.2) is 20.5 Å². The Morgan fingerprint density at radius 3 is 2.88 bits per heavy atom. The smallest absolute Gasteiger partial charge is 0.271 e. The number of hydrogen-bond acceptors (Lipinski definition) is 3. The third-order valence-corrected chi connectivity index (χ3v) is 0.835. The van der Waals surface area contributed by atoms with Gasteiger partial charge in [-0.1, -0.05) is 5.21 Å². The monoisotopic (exact) mass is 128 g/mol. The van der Waals surface area contributed by atoms with Crippen LogP contribution in [0.3, 0.4) is 0 Å². The summed E-state index contributed by atoms with van der Waals surface area (Å²) in [6, 6.07) is 0. The first kappa shape index (κ1) is 5.17. The summed E-state index contributed by atoms with van der Waals surface area (Å²) in [7, 11) is 0. The number of carbonyl (C=O) groups excluding carboxylic acids is 1. The molecule has 0 saturated carbocycles. The van der Waals surface area contributed by atoms with Crippen molar-refractivity contribution in [2.45, 2.75) is 0 Å². The minimum Gasteiger partial charge on any atom is -0.274 e. The first-order chi connectivity index (χ1) is 3.80. The molecule has 0 saturated heterocycles. The lowest BCUT2D eigenvalue weighted by atomic mass is 10.5. The van der Waals surface area contributed by atoms with Gasteiger partial charge in [-0.2, -0.15) is 0 Å². The second-order valence-electron chi connectivity index (χ2n) is 1.15. The Morgan fingerprint density at radius 2 is 2.62 bits per heavy atom.